The molecular formula is C6H11N5. The van der Waals surface area contributed by atoms with Crippen molar-refractivity contribution in [1.29, 1.82) is 0 Å². The van der Waals surface area contributed by atoms with E-state index in [0.29, 0.717) is 5.95 Å². The quantitative estimate of drug-likeness (QED) is 0.657. The average Bonchev–Trinajstić information content (AvgIpc) is 2.66. The van der Waals surface area contributed by atoms with Crippen LogP contribution in [0.2, 0.25) is 0 Å². The SMILES string of the molecule is C(CC1CC1)Nc1nn[nH]n1. The van der Waals surface area contributed by atoms with Crippen molar-refractivity contribution in [3.63, 3.8) is 0 Å². The summed E-state index contributed by atoms with van der Waals surface area (Å²) in [7, 11) is 0. The van der Waals surface area contributed by atoms with E-state index >= 15 is 0 Å². The maximum Gasteiger partial charge on any atom is 0.263 e. The predicted molar refractivity (Wildman–Crippen MR) is 40.0 cm³/mol. The molecule has 0 bridgehead atoms. The number of aromatic amines is 1. The van der Waals surface area contributed by atoms with E-state index in [2.05, 4.69) is 25.9 Å². The average molecular weight is 153 g/mol. The lowest BCUT2D eigenvalue weighted by molar-refractivity contribution is 0.756. The second kappa shape index (κ2) is 2.86. The highest BCUT2D eigenvalue weighted by molar-refractivity contribution is 5.18. The topological polar surface area (TPSA) is 66.5 Å². The number of anilines is 1. The second-order valence-corrected chi connectivity index (χ2v) is 2.89. The molecule has 0 amide bonds. The van der Waals surface area contributed by atoms with E-state index in [1.807, 2.05) is 0 Å². The zero-order valence-corrected chi connectivity index (χ0v) is 6.25. The number of hydrogen-bond acceptors (Lipinski definition) is 4. The summed E-state index contributed by atoms with van der Waals surface area (Å²) in [6.45, 7) is 0.962. The molecule has 1 heterocycles. The number of aromatic nitrogens is 4. The Hall–Kier alpha value is -1.13. The molecule has 2 N–H and O–H groups in total. The van der Waals surface area contributed by atoms with Crippen LogP contribution in [0.25, 0.3) is 0 Å². The first-order valence-electron chi connectivity index (χ1n) is 3.92. The molecule has 0 unspecified atom stereocenters. The molecule has 0 saturated heterocycles. The second-order valence-electron chi connectivity index (χ2n) is 2.89. The van der Waals surface area contributed by atoms with Gasteiger partial charge in [0.15, 0.2) is 0 Å². The number of nitrogens with zero attached hydrogens (tertiary/aromatic N) is 3. The zero-order valence-electron chi connectivity index (χ0n) is 6.25. The first-order valence-corrected chi connectivity index (χ1v) is 3.92. The van der Waals surface area contributed by atoms with Crippen LogP contribution in [0.3, 0.4) is 0 Å². The Morgan fingerprint density at radius 1 is 1.55 bits per heavy atom. The van der Waals surface area contributed by atoms with Gasteiger partial charge in [0, 0.05) is 6.54 Å². The van der Waals surface area contributed by atoms with Crippen molar-refractivity contribution in [1.82, 2.24) is 20.6 Å². The summed E-state index contributed by atoms with van der Waals surface area (Å²) in [5.74, 6) is 1.56. The van der Waals surface area contributed by atoms with Crippen molar-refractivity contribution in [3.05, 3.63) is 0 Å². The Morgan fingerprint density at radius 3 is 3.09 bits per heavy atom. The lowest BCUT2D eigenvalue weighted by Crippen LogP contribution is -2.03. The highest BCUT2D eigenvalue weighted by Crippen LogP contribution is 2.31. The van der Waals surface area contributed by atoms with Gasteiger partial charge in [0.2, 0.25) is 0 Å². The van der Waals surface area contributed by atoms with Crippen molar-refractivity contribution < 1.29 is 0 Å². The molecule has 5 heteroatoms. The zero-order chi connectivity index (χ0) is 7.52. The summed E-state index contributed by atoms with van der Waals surface area (Å²) in [4.78, 5) is 0. The van der Waals surface area contributed by atoms with Crippen molar-refractivity contribution in [2.24, 2.45) is 5.92 Å². The fraction of sp³-hybridized carbons (Fsp3) is 0.833. The smallest absolute Gasteiger partial charge is 0.263 e. The Labute approximate surface area is 64.6 Å². The Morgan fingerprint density at radius 2 is 2.45 bits per heavy atom. The first-order chi connectivity index (χ1) is 5.45. The largest absolute Gasteiger partial charge is 0.352 e. The van der Waals surface area contributed by atoms with Crippen LogP contribution in [0.15, 0.2) is 0 Å². The number of tetrazole rings is 1. The molecule has 0 aromatic carbocycles. The third kappa shape index (κ3) is 1.89. The monoisotopic (exact) mass is 153 g/mol. The Kier molecular flexibility index (Phi) is 1.71. The van der Waals surface area contributed by atoms with E-state index in [4.69, 9.17) is 0 Å². The van der Waals surface area contributed by atoms with Crippen LogP contribution < -0.4 is 5.32 Å². The van der Waals surface area contributed by atoms with Crippen molar-refractivity contribution in [3.8, 4) is 0 Å². The number of nitrogens with one attached hydrogen (secondary N) is 2. The van der Waals surface area contributed by atoms with Crippen molar-refractivity contribution in [2.45, 2.75) is 19.3 Å². The third-order valence-corrected chi connectivity index (χ3v) is 1.88. The fourth-order valence-electron chi connectivity index (χ4n) is 1.03. The van der Waals surface area contributed by atoms with E-state index in [0.717, 1.165) is 12.5 Å². The summed E-state index contributed by atoms with van der Waals surface area (Å²) >= 11 is 0. The number of hydrogen-bond donors (Lipinski definition) is 2. The normalized spacial score (nSPS) is 16.7. The molecule has 0 atom stereocenters. The van der Waals surface area contributed by atoms with Gasteiger partial charge in [-0.15, -0.1) is 5.10 Å². The van der Waals surface area contributed by atoms with E-state index in [1.165, 1.54) is 19.3 Å². The first kappa shape index (κ1) is 6.57. The van der Waals surface area contributed by atoms with Crippen molar-refractivity contribution in [2.75, 3.05) is 11.9 Å². The minimum Gasteiger partial charge on any atom is -0.352 e. The summed E-state index contributed by atoms with van der Waals surface area (Å²) in [6, 6.07) is 0. The molecule has 1 saturated carbocycles. The van der Waals surface area contributed by atoms with E-state index in [1.54, 1.807) is 0 Å². The van der Waals surface area contributed by atoms with Gasteiger partial charge in [0.1, 0.15) is 0 Å². The molecule has 11 heavy (non-hydrogen) atoms. The van der Waals surface area contributed by atoms with Gasteiger partial charge in [0.05, 0.1) is 0 Å². The van der Waals surface area contributed by atoms with Gasteiger partial charge in [-0.05, 0) is 17.6 Å². The predicted octanol–water partition coefficient (Wildman–Crippen LogP) is 0.412. The van der Waals surface area contributed by atoms with Gasteiger partial charge in [-0.1, -0.05) is 17.9 Å². The van der Waals surface area contributed by atoms with Crippen LogP contribution in [0.5, 0.6) is 0 Å². The maximum atomic E-state index is 3.78. The van der Waals surface area contributed by atoms with Crippen LogP contribution in [0.1, 0.15) is 19.3 Å². The summed E-state index contributed by atoms with van der Waals surface area (Å²) in [5, 5.41) is 16.5. The Bertz CT molecular complexity index is 203. The summed E-state index contributed by atoms with van der Waals surface area (Å²) in [5.41, 5.74) is 0. The molecule has 5 nitrogen and oxygen atoms in total. The number of rotatable bonds is 4. The molecular weight excluding hydrogens is 142 g/mol. The molecule has 1 aliphatic rings. The molecule has 1 aliphatic carbocycles. The summed E-state index contributed by atoms with van der Waals surface area (Å²) in [6.07, 6.45) is 4.02. The third-order valence-electron chi connectivity index (χ3n) is 1.88. The minimum atomic E-state index is 0.602. The van der Waals surface area contributed by atoms with Crippen LogP contribution >= 0.6 is 0 Å². The van der Waals surface area contributed by atoms with Gasteiger partial charge in [-0.25, -0.2) is 0 Å². The van der Waals surface area contributed by atoms with Gasteiger partial charge in [-0.3, -0.25) is 0 Å². The van der Waals surface area contributed by atoms with E-state index < -0.39 is 0 Å². The molecule has 1 aromatic heterocycles. The number of H-pyrrole nitrogens is 1. The molecule has 2 rings (SSSR count). The molecule has 1 fully saturated rings. The van der Waals surface area contributed by atoms with Gasteiger partial charge in [-0.2, -0.15) is 5.21 Å². The standard InChI is InChI=1S/C6H11N5/c1-2-5(1)3-4-7-6-8-10-11-9-6/h5H,1-4H2,(H2,7,8,9,10,11). The Balaban J connectivity index is 1.66. The van der Waals surface area contributed by atoms with Gasteiger partial charge in [0.25, 0.3) is 5.95 Å². The van der Waals surface area contributed by atoms with Crippen LogP contribution in [0.4, 0.5) is 5.95 Å². The maximum absolute atomic E-state index is 3.78. The van der Waals surface area contributed by atoms with Crippen LogP contribution in [-0.4, -0.2) is 27.2 Å². The summed E-state index contributed by atoms with van der Waals surface area (Å²) < 4.78 is 0. The fourth-order valence-corrected chi connectivity index (χ4v) is 1.03. The molecule has 0 spiro atoms. The molecule has 1 aromatic rings. The van der Waals surface area contributed by atoms with E-state index in [-0.39, 0.29) is 0 Å². The highest BCUT2D eigenvalue weighted by Gasteiger charge is 2.20. The minimum absolute atomic E-state index is 0.602. The van der Waals surface area contributed by atoms with Crippen molar-refractivity contribution >= 4 is 5.95 Å². The van der Waals surface area contributed by atoms with Crippen LogP contribution in [0, 0.1) is 5.92 Å². The molecule has 0 radical (unpaired) electrons. The van der Waals surface area contributed by atoms with Gasteiger partial charge < -0.3 is 5.32 Å². The van der Waals surface area contributed by atoms with E-state index in [9.17, 15) is 0 Å². The molecule has 60 valence electrons. The van der Waals surface area contributed by atoms with Gasteiger partial charge >= 0.3 is 0 Å². The highest BCUT2D eigenvalue weighted by atomic mass is 15.5. The molecule has 0 aliphatic heterocycles. The van der Waals surface area contributed by atoms with Crippen LogP contribution in [-0.2, 0) is 0 Å². The lowest BCUT2D eigenvalue weighted by atomic mass is 10.3. The lowest BCUT2D eigenvalue weighted by Gasteiger charge is -1.97.